The van der Waals surface area contributed by atoms with Crippen LogP contribution in [0, 0.1) is 31.6 Å². The van der Waals surface area contributed by atoms with Gasteiger partial charge in [-0.2, -0.15) is 15.2 Å². The lowest BCUT2D eigenvalue weighted by atomic mass is 10.1. The maximum Gasteiger partial charge on any atom is 0.509 e. The number of methoxy groups -OCH3 is 1. The maximum atomic E-state index is 13.1. The van der Waals surface area contributed by atoms with Gasteiger partial charge in [0.1, 0.15) is 31.0 Å². The predicted octanol–water partition coefficient (Wildman–Crippen LogP) is 5.66. The molecule has 0 saturated carbocycles. The highest BCUT2D eigenvalue weighted by molar-refractivity contribution is 5.85. The van der Waals surface area contributed by atoms with Crippen LogP contribution in [0.4, 0.5) is 26.9 Å². The number of aromatic nitrogens is 4. The van der Waals surface area contributed by atoms with Crippen LogP contribution in [0.1, 0.15) is 48.3 Å². The zero-order valence-corrected chi connectivity index (χ0v) is 35.3. The molecular weight excluding hydrogens is 869 g/mol. The Bertz CT molecular complexity index is 2510. The minimum Gasteiger partial charge on any atom is -0.476 e. The first-order chi connectivity index (χ1) is 32.0. The molecule has 0 radical (unpaired) electrons. The molecule has 4 heterocycles. The zero-order chi connectivity index (χ0) is 46.6. The van der Waals surface area contributed by atoms with Gasteiger partial charge in [0.25, 0.3) is 11.4 Å². The van der Waals surface area contributed by atoms with E-state index in [1.54, 1.807) is 54.6 Å². The van der Waals surface area contributed by atoms with Gasteiger partial charge in [0.2, 0.25) is 11.8 Å². The first-order valence-electron chi connectivity index (χ1n) is 20.6. The van der Waals surface area contributed by atoms with E-state index < -0.39 is 65.1 Å². The molecule has 23 nitrogen and oxygen atoms in total. The quantitative estimate of drug-likeness (QED) is 0.0437. The number of nitriles is 1. The van der Waals surface area contributed by atoms with Crippen molar-refractivity contribution in [2.45, 2.75) is 68.5 Å². The standard InChI is InChI=1S/C43H44N8O15/c1-59-43(18-23-60-24-19-43)66-36-35(52)33(25-63-42(54)65-32(15-20-44)29-5-3-2-4-6-29)64-39(36)49-26-45-34-37(49)46-40(47-38(34)61-21-16-27-7-11-30(12-8-27)50(55)56)48-41(53)62-22-17-28-9-13-31(14-10-28)51(57)58/h2-14,26,32-33,35-36,39,52H,15-19,21-25H2,1H3,(H,46,47,48,53)/t32?,33-,35-,36-,39-/m1/s1. The number of nitro benzene ring substituents is 2. The first kappa shape index (κ1) is 46.6. The number of hydrogen-bond donors (Lipinski definition) is 2. The van der Waals surface area contributed by atoms with Crippen molar-refractivity contribution in [1.82, 2.24) is 19.5 Å². The second-order valence-corrected chi connectivity index (χ2v) is 14.9. The van der Waals surface area contributed by atoms with Gasteiger partial charge in [-0.25, -0.2) is 14.6 Å². The number of aliphatic hydroxyl groups excluding tert-OH is 1. The predicted molar refractivity (Wildman–Crippen MR) is 226 cm³/mol. The average molecular weight is 913 g/mol. The Morgan fingerprint density at radius 2 is 1.61 bits per heavy atom. The molecular formula is C43H44N8O15. The lowest BCUT2D eigenvalue weighted by Gasteiger charge is -2.39. The van der Waals surface area contributed by atoms with E-state index in [-0.39, 0.29) is 60.4 Å². The number of imidazole rings is 1. The molecule has 3 aromatic carbocycles. The molecule has 23 heteroatoms. The second kappa shape index (κ2) is 21.5. The zero-order valence-electron chi connectivity index (χ0n) is 35.3. The summed E-state index contributed by atoms with van der Waals surface area (Å²) in [6.07, 6.45) is -5.77. The molecule has 5 atom stereocenters. The second-order valence-electron chi connectivity index (χ2n) is 14.9. The molecule has 2 fully saturated rings. The van der Waals surface area contributed by atoms with Crippen molar-refractivity contribution in [2.24, 2.45) is 0 Å². The molecule has 1 amide bonds. The fourth-order valence-corrected chi connectivity index (χ4v) is 7.24. The van der Waals surface area contributed by atoms with Crippen LogP contribution < -0.4 is 10.1 Å². The maximum absolute atomic E-state index is 13.1. The van der Waals surface area contributed by atoms with Crippen LogP contribution in [-0.4, -0.2) is 111 Å². The van der Waals surface area contributed by atoms with Gasteiger partial charge < -0.3 is 43.0 Å². The van der Waals surface area contributed by atoms with Crippen molar-refractivity contribution in [3.8, 4) is 11.9 Å². The summed E-state index contributed by atoms with van der Waals surface area (Å²) in [7, 11) is 1.46. The summed E-state index contributed by atoms with van der Waals surface area (Å²) in [5.41, 5.74) is 1.97. The minimum atomic E-state index is -1.46. The van der Waals surface area contributed by atoms with Crippen LogP contribution in [0.25, 0.3) is 11.2 Å². The Labute approximate surface area is 375 Å². The van der Waals surface area contributed by atoms with Crippen LogP contribution in [0.15, 0.2) is 85.2 Å². The number of anilines is 1. The number of benzene rings is 3. The summed E-state index contributed by atoms with van der Waals surface area (Å²) in [5.74, 6) is -1.58. The van der Waals surface area contributed by atoms with Crippen molar-refractivity contribution < 1.29 is 62.4 Å². The monoisotopic (exact) mass is 912 g/mol. The van der Waals surface area contributed by atoms with E-state index in [2.05, 4.69) is 20.3 Å². The summed E-state index contributed by atoms with van der Waals surface area (Å²) >= 11 is 0. The third kappa shape index (κ3) is 11.5. The number of amides is 1. The number of carbonyl (C=O) groups excluding carboxylic acids is 2. The van der Waals surface area contributed by atoms with Gasteiger partial charge in [0.15, 0.2) is 23.2 Å². The van der Waals surface area contributed by atoms with Gasteiger partial charge in [0.05, 0.1) is 55.1 Å². The molecule has 2 aliphatic rings. The normalized spacial score (nSPS) is 19.3. The molecule has 1 unspecified atom stereocenters. The van der Waals surface area contributed by atoms with E-state index in [9.17, 15) is 40.2 Å². The molecule has 66 heavy (non-hydrogen) atoms. The van der Waals surface area contributed by atoms with Crippen molar-refractivity contribution >= 4 is 40.7 Å². The summed E-state index contributed by atoms with van der Waals surface area (Å²) in [4.78, 5) is 60.7. The number of fused-ring (bicyclic) bond motifs is 1. The van der Waals surface area contributed by atoms with Crippen molar-refractivity contribution in [3.63, 3.8) is 0 Å². The fourth-order valence-electron chi connectivity index (χ4n) is 7.24. The van der Waals surface area contributed by atoms with Crippen LogP contribution >= 0.6 is 0 Å². The van der Waals surface area contributed by atoms with E-state index in [1.165, 1.54) is 42.3 Å². The van der Waals surface area contributed by atoms with Crippen molar-refractivity contribution in [3.05, 3.63) is 122 Å². The molecule has 0 aliphatic carbocycles. The van der Waals surface area contributed by atoms with E-state index in [1.807, 2.05) is 6.07 Å². The molecule has 2 aromatic heterocycles. The number of nitrogens with zero attached hydrogens (tertiary/aromatic N) is 7. The largest absolute Gasteiger partial charge is 0.509 e. The molecule has 5 aromatic rings. The van der Waals surface area contributed by atoms with Crippen LogP contribution in [0.2, 0.25) is 0 Å². The van der Waals surface area contributed by atoms with E-state index in [4.69, 9.17) is 37.9 Å². The van der Waals surface area contributed by atoms with Gasteiger partial charge in [-0.15, -0.1) is 0 Å². The Morgan fingerprint density at radius 1 is 0.955 bits per heavy atom. The highest BCUT2D eigenvalue weighted by atomic mass is 16.7. The fraction of sp³-hybridized carbons (Fsp3) is 0.395. The number of nitro groups is 2. The Hall–Kier alpha value is -7.36. The van der Waals surface area contributed by atoms with Gasteiger partial charge in [0, 0.05) is 57.1 Å². The first-order valence-corrected chi connectivity index (χ1v) is 20.6. The lowest BCUT2D eigenvalue weighted by Crippen LogP contribution is -2.48. The third-order valence-corrected chi connectivity index (χ3v) is 10.8. The van der Waals surface area contributed by atoms with Crippen LogP contribution in [0.5, 0.6) is 5.88 Å². The summed E-state index contributed by atoms with van der Waals surface area (Å²) < 4.78 is 48.1. The summed E-state index contributed by atoms with van der Waals surface area (Å²) in [5, 5.41) is 45.9. The number of rotatable bonds is 19. The molecule has 2 N–H and O–H groups in total. The highest BCUT2D eigenvalue weighted by Crippen LogP contribution is 2.40. The van der Waals surface area contributed by atoms with E-state index in [0.29, 0.717) is 43.6 Å². The molecule has 2 aliphatic heterocycles. The number of aliphatic hydroxyl groups is 1. The van der Waals surface area contributed by atoms with Crippen molar-refractivity contribution in [1.29, 1.82) is 5.26 Å². The van der Waals surface area contributed by atoms with Gasteiger partial charge in [-0.1, -0.05) is 54.6 Å². The summed E-state index contributed by atoms with van der Waals surface area (Å²) in [6, 6.07) is 22.4. The average Bonchev–Trinajstić information content (AvgIpc) is 3.88. The minimum absolute atomic E-state index is 0.00766. The topological polar surface area (TPSA) is 294 Å². The van der Waals surface area contributed by atoms with E-state index >= 15 is 0 Å². The number of ether oxygens (including phenoxy) is 8. The van der Waals surface area contributed by atoms with Crippen LogP contribution in [0.3, 0.4) is 0 Å². The highest BCUT2D eigenvalue weighted by Gasteiger charge is 2.51. The lowest BCUT2D eigenvalue weighted by molar-refractivity contribution is -0.385. The number of nitrogens with one attached hydrogen (secondary N) is 1. The third-order valence-electron chi connectivity index (χ3n) is 10.8. The smallest absolute Gasteiger partial charge is 0.476 e. The summed E-state index contributed by atoms with van der Waals surface area (Å²) in [6.45, 7) is -0.0125. The Morgan fingerprint density at radius 3 is 2.23 bits per heavy atom. The van der Waals surface area contributed by atoms with Gasteiger partial charge in [-0.05, 0) is 16.7 Å². The van der Waals surface area contributed by atoms with Crippen LogP contribution in [-0.2, 0) is 46.0 Å². The Kier molecular flexibility index (Phi) is 15.2. The van der Waals surface area contributed by atoms with Crippen molar-refractivity contribution in [2.75, 3.05) is 45.5 Å². The Balaban J connectivity index is 1.14. The number of hydrogen-bond acceptors (Lipinski definition) is 19. The molecule has 0 spiro atoms. The van der Waals surface area contributed by atoms with Gasteiger partial charge >= 0.3 is 12.2 Å². The SMILES string of the molecule is COC1(O[C@@H]2[C@H](O)[C@@H](COC(=O)OC(CC#N)c3ccccc3)O[C@H]2n2cnc3c(OCCc4ccc([N+](=O)[O-])cc4)nc(NC(=O)OCCc4ccc([N+](=O)[O-])cc4)nc32)CCOCC1. The number of non-ortho nitro benzene ring substituents is 2. The van der Waals surface area contributed by atoms with Gasteiger partial charge in [-0.3, -0.25) is 30.1 Å². The molecule has 0 bridgehead atoms. The van der Waals surface area contributed by atoms with E-state index in [0.717, 1.165) is 5.56 Å². The molecule has 2 saturated heterocycles. The number of carbonyl (C=O) groups is 2. The molecule has 346 valence electrons. The molecule has 7 rings (SSSR count).